The second-order valence-corrected chi connectivity index (χ2v) is 8.47. The molecular weight excluding hydrogens is 472 g/mol. The number of thiocarbonyl (C=S) groups is 1. The van der Waals surface area contributed by atoms with Crippen LogP contribution in [-0.4, -0.2) is 42.7 Å². The number of carbonyl (C=O) groups excluding carboxylic acids is 2. The van der Waals surface area contributed by atoms with Gasteiger partial charge >= 0.3 is 5.97 Å². The van der Waals surface area contributed by atoms with Gasteiger partial charge in [-0.05, 0) is 56.1 Å². The molecule has 0 aliphatic carbocycles. The van der Waals surface area contributed by atoms with Crippen LogP contribution in [0.1, 0.15) is 31.0 Å². The third kappa shape index (κ3) is 6.58. The van der Waals surface area contributed by atoms with Crippen molar-refractivity contribution in [2.24, 2.45) is 5.10 Å². The number of hydrogen-bond acceptors (Lipinski definition) is 7. The van der Waals surface area contributed by atoms with Crippen molar-refractivity contribution in [3.8, 4) is 5.75 Å². The summed E-state index contributed by atoms with van der Waals surface area (Å²) in [6.07, 6.45) is 3.57. The summed E-state index contributed by atoms with van der Waals surface area (Å²) in [4.78, 5) is 26.0. The van der Waals surface area contributed by atoms with Crippen LogP contribution in [0, 0.1) is 0 Å². The molecule has 0 spiro atoms. The van der Waals surface area contributed by atoms with Crippen molar-refractivity contribution < 1.29 is 19.1 Å². The quantitative estimate of drug-likeness (QED) is 0.159. The number of ether oxygens (including phenoxy) is 2. The molecule has 178 valence electrons. The van der Waals surface area contributed by atoms with Crippen LogP contribution in [0.15, 0.2) is 69.8 Å². The molecule has 34 heavy (non-hydrogen) atoms. The Balaban J connectivity index is 1.69. The fourth-order valence-corrected chi connectivity index (χ4v) is 3.98. The van der Waals surface area contributed by atoms with Gasteiger partial charge in [-0.2, -0.15) is 5.10 Å². The number of nitrogens with one attached hydrogen (secondary N) is 3. The van der Waals surface area contributed by atoms with E-state index in [1.54, 1.807) is 44.0 Å². The van der Waals surface area contributed by atoms with Crippen molar-refractivity contribution in [3.63, 3.8) is 0 Å². The molecule has 3 rings (SSSR count). The van der Waals surface area contributed by atoms with Crippen LogP contribution in [0.5, 0.6) is 5.75 Å². The van der Waals surface area contributed by atoms with Crippen LogP contribution < -0.4 is 20.8 Å². The molecule has 0 saturated carbocycles. The maximum absolute atomic E-state index is 12.6. The smallest absolute Gasteiger partial charge is 0.338 e. The van der Waals surface area contributed by atoms with Crippen molar-refractivity contribution in [2.75, 3.05) is 19.5 Å². The first-order chi connectivity index (χ1) is 16.4. The first kappa shape index (κ1) is 25.3. The van der Waals surface area contributed by atoms with Gasteiger partial charge in [0.15, 0.2) is 11.7 Å². The lowest BCUT2D eigenvalue weighted by atomic mass is 9.95. The molecule has 1 amide bonds. The first-order valence-corrected chi connectivity index (χ1v) is 12.2. The second-order valence-electron chi connectivity index (χ2n) is 7.18. The number of esters is 1. The van der Waals surface area contributed by atoms with Crippen LogP contribution in [-0.2, 0) is 14.3 Å². The van der Waals surface area contributed by atoms with Gasteiger partial charge in [-0.25, -0.2) is 10.2 Å². The van der Waals surface area contributed by atoms with E-state index in [0.29, 0.717) is 27.7 Å². The predicted octanol–water partition coefficient (Wildman–Crippen LogP) is 3.29. The van der Waals surface area contributed by atoms with Crippen LogP contribution in [0.25, 0.3) is 0 Å². The zero-order valence-corrected chi connectivity index (χ0v) is 20.7. The van der Waals surface area contributed by atoms with Crippen LogP contribution in [0.3, 0.4) is 0 Å². The standard InChI is InChI=1S/C24H26N4O4S2/c1-4-31-23(30)21-15(2)26-24(33)27-22(21)18-7-5-6-8-19(18)32-14-20(29)28-25-13-16-9-11-17(34-3)12-10-16/h5-13,22H,4,14H2,1-3H3,(H,28,29)(H2,26,27,33)/t22-/m0/s1. The minimum Gasteiger partial charge on any atom is -0.483 e. The molecule has 1 atom stereocenters. The third-order valence-electron chi connectivity index (χ3n) is 4.87. The largest absolute Gasteiger partial charge is 0.483 e. The molecule has 0 saturated heterocycles. The lowest BCUT2D eigenvalue weighted by Crippen LogP contribution is -2.45. The summed E-state index contributed by atoms with van der Waals surface area (Å²) in [5.41, 5.74) is 4.97. The molecule has 1 aliphatic heterocycles. The van der Waals surface area contributed by atoms with Gasteiger partial charge in [0, 0.05) is 16.2 Å². The zero-order valence-electron chi connectivity index (χ0n) is 19.1. The Morgan fingerprint density at radius 2 is 1.94 bits per heavy atom. The molecule has 8 nitrogen and oxygen atoms in total. The molecule has 2 aromatic rings. The molecule has 0 unspecified atom stereocenters. The van der Waals surface area contributed by atoms with E-state index in [1.807, 2.05) is 42.7 Å². The van der Waals surface area contributed by atoms with Crippen LogP contribution >= 0.6 is 24.0 Å². The number of carbonyl (C=O) groups is 2. The number of allylic oxidation sites excluding steroid dienone is 1. The molecule has 1 aliphatic rings. The first-order valence-electron chi connectivity index (χ1n) is 10.6. The van der Waals surface area contributed by atoms with Gasteiger partial charge in [0.1, 0.15) is 5.75 Å². The lowest BCUT2D eigenvalue weighted by Gasteiger charge is -2.30. The molecule has 0 radical (unpaired) electrons. The van der Waals surface area contributed by atoms with E-state index in [9.17, 15) is 9.59 Å². The molecule has 0 bridgehead atoms. The average molecular weight is 499 g/mol. The highest BCUT2D eigenvalue weighted by atomic mass is 32.2. The molecule has 3 N–H and O–H groups in total. The Hall–Kier alpha value is -3.37. The normalized spacial score (nSPS) is 15.5. The summed E-state index contributed by atoms with van der Waals surface area (Å²) in [6.45, 7) is 3.49. The summed E-state index contributed by atoms with van der Waals surface area (Å²) in [5, 5.41) is 10.4. The number of para-hydroxylation sites is 1. The number of amides is 1. The van der Waals surface area contributed by atoms with E-state index < -0.39 is 17.9 Å². The summed E-state index contributed by atoms with van der Waals surface area (Å²) < 4.78 is 11.0. The number of thioether (sulfide) groups is 1. The van der Waals surface area contributed by atoms with Gasteiger partial charge in [-0.3, -0.25) is 4.79 Å². The third-order valence-corrected chi connectivity index (χ3v) is 5.84. The maximum Gasteiger partial charge on any atom is 0.338 e. The Morgan fingerprint density at radius 1 is 1.21 bits per heavy atom. The number of hydrazone groups is 1. The maximum atomic E-state index is 12.6. The minimum absolute atomic E-state index is 0.243. The Labute approximate surface area is 208 Å². The zero-order chi connectivity index (χ0) is 24.5. The molecule has 0 aromatic heterocycles. The van der Waals surface area contributed by atoms with Crippen molar-refractivity contribution >= 4 is 47.2 Å². The number of hydrogen-bond donors (Lipinski definition) is 3. The van der Waals surface area contributed by atoms with Gasteiger partial charge < -0.3 is 20.1 Å². The monoisotopic (exact) mass is 498 g/mol. The number of nitrogens with zero attached hydrogens (tertiary/aromatic N) is 1. The minimum atomic E-state index is -0.589. The van der Waals surface area contributed by atoms with Gasteiger partial charge in [0.2, 0.25) is 0 Å². The van der Waals surface area contributed by atoms with Crippen LogP contribution in [0.2, 0.25) is 0 Å². The summed E-state index contributed by atoms with van der Waals surface area (Å²) >= 11 is 6.94. The Morgan fingerprint density at radius 3 is 2.65 bits per heavy atom. The van der Waals surface area contributed by atoms with E-state index in [4.69, 9.17) is 21.7 Å². The molecule has 10 heteroatoms. The highest BCUT2D eigenvalue weighted by Crippen LogP contribution is 2.33. The van der Waals surface area contributed by atoms with Crippen molar-refractivity contribution in [1.82, 2.24) is 16.1 Å². The highest BCUT2D eigenvalue weighted by Gasteiger charge is 2.32. The summed E-state index contributed by atoms with van der Waals surface area (Å²) in [5.74, 6) is -0.441. The average Bonchev–Trinajstić information content (AvgIpc) is 2.83. The van der Waals surface area contributed by atoms with Crippen molar-refractivity contribution in [2.45, 2.75) is 24.8 Å². The predicted molar refractivity (Wildman–Crippen MR) is 137 cm³/mol. The van der Waals surface area contributed by atoms with E-state index in [1.165, 1.54) is 0 Å². The van der Waals surface area contributed by atoms with E-state index in [0.717, 1.165) is 10.5 Å². The van der Waals surface area contributed by atoms with Gasteiger partial charge in [-0.1, -0.05) is 30.3 Å². The van der Waals surface area contributed by atoms with Gasteiger partial charge in [-0.15, -0.1) is 11.8 Å². The highest BCUT2D eigenvalue weighted by molar-refractivity contribution is 7.98. The Kier molecular flexibility index (Phi) is 9.06. The molecule has 2 aromatic carbocycles. The number of benzene rings is 2. The summed E-state index contributed by atoms with van der Waals surface area (Å²) in [6, 6.07) is 14.3. The van der Waals surface area contributed by atoms with Crippen molar-refractivity contribution in [1.29, 1.82) is 0 Å². The topological polar surface area (TPSA) is 101 Å². The molecule has 0 fully saturated rings. The van der Waals surface area contributed by atoms with Crippen molar-refractivity contribution in [3.05, 3.63) is 70.9 Å². The fraction of sp³-hybridized carbons (Fsp3) is 0.250. The number of rotatable bonds is 9. The SMILES string of the molecule is CCOC(=O)C1=C(C)NC(=S)N[C@H]1c1ccccc1OCC(=O)NN=Cc1ccc(SC)cc1. The van der Waals surface area contributed by atoms with E-state index in [2.05, 4.69) is 21.2 Å². The van der Waals surface area contributed by atoms with Crippen LogP contribution in [0.4, 0.5) is 0 Å². The Bertz CT molecular complexity index is 1120. The van der Waals surface area contributed by atoms with Gasteiger partial charge in [0.05, 0.1) is 24.4 Å². The summed E-state index contributed by atoms with van der Waals surface area (Å²) in [7, 11) is 0. The fourth-order valence-electron chi connectivity index (χ4n) is 3.30. The molecule has 1 heterocycles. The second kappa shape index (κ2) is 12.2. The molecular formula is C24H26N4O4S2. The lowest BCUT2D eigenvalue weighted by molar-refractivity contribution is -0.139. The van der Waals surface area contributed by atoms with Gasteiger partial charge in [0.25, 0.3) is 5.91 Å². The van der Waals surface area contributed by atoms with E-state index >= 15 is 0 Å². The van der Waals surface area contributed by atoms with E-state index in [-0.39, 0.29) is 13.2 Å².